The molecule has 90 valence electrons. The van der Waals surface area contributed by atoms with Gasteiger partial charge in [0.2, 0.25) is 0 Å². The molecule has 17 heavy (non-hydrogen) atoms. The minimum atomic E-state index is -0.250. The van der Waals surface area contributed by atoms with Crippen molar-refractivity contribution in [1.82, 2.24) is 4.98 Å². The Morgan fingerprint density at radius 1 is 1.41 bits per heavy atom. The molecule has 0 radical (unpaired) electrons. The summed E-state index contributed by atoms with van der Waals surface area (Å²) in [6.07, 6.45) is 0. The molecule has 1 N–H and O–H groups in total. The highest BCUT2D eigenvalue weighted by Gasteiger charge is 2.05. The Morgan fingerprint density at radius 3 is 2.76 bits per heavy atom. The van der Waals surface area contributed by atoms with Crippen molar-refractivity contribution in [1.29, 1.82) is 0 Å². The highest BCUT2D eigenvalue weighted by atomic mass is 79.9. The molecule has 0 aliphatic heterocycles. The van der Waals surface area contributed by atoms with Crippen LogP contribution in [0.5, 0.6) is 0 Å². The summed E-state index contributed by atoms with van der Waals surface area (Å²) in [5.74, 6) is -0.250. The molecule has 0 fully saturated rings. The quantitative estimate of drug-likeness (QED) is 0.915. The van der Waals surface area contributed by atoms with E-state index in [1.165, 1.54) is 10.9 Å². The molecule has 0 aliphatic carbocycles. The number of anilines is 1. The van der Waals surface area contributed by atoms with Gasteiger partial charge in [0, 0.05) is 10.6 Å². The van der Waals surface area contributed by atoms with Gasteiger partial charge in [-0.3, -0.25) is 0 Å². The van der Waals surface area contributed by atoms with Crippen molar-refractivity contribution in [3.63, 3.8) is 0 Å². The zero-order chi connectivity index (χ0) is 12.4. The molecule has 0 saturated carbocycles. The van der Waals surface area contributed by atoms with E-state index in [1.807, 2.05) is 13.8 Å². The van der Waals surface area contributed by atoms with Crippen LogP contribution >= 0.6 is 27.3 Å². The summed E-state index contributed by atoms with van der Waals surface area (Å²) in [4.78, 5) is 5.58. The summed E-state index contributed by atoms with van der Waals surface area (Å²) in [5.41, 5.74) is 1.95. The Hall–Kier alpha value is -0.940. The molecule has 5 heteroatoms. The number of hydrogen-bond acceptors (Lipinski definition) is 3. The third kappa shape index (κ3) is 3.04. The number of thiazole rings is 1. The lowest BCUT2D eigenvalue weighted by molar-refractivity contribution is 0.621. The minimum absolute atomic E-state index is 0.250. The van der Waals surface area contributed by atoms with Gasteiger partial charge in [0.1, 0.15) is 5.82 Å². The molecule has 2 rings (SSSR count). The number of hydrogen-bond donors (Lipinski definition) is 1. The molecule has 0 amide bonds. The second kappa shape index (κ2) is 5.14. The molecule has 0 unspecified atom stereocenters. The van der Waals surface area contributed by atoms with Gasteiger partial charge >= 0.3 is 0 Å². The van der Waals surface area contributed by atoms with Gasteiger partial charge in [0.05, 0.1) is 21.7 Å². The molecule has 0 atom stereocenters. The summed E-state index contributed by atoms with van der Waals surface area (Å²) >= 11 is 4.85. The average Bonchev–Trinajstić information content (AvgIpc) is 2.59. The molecule has 0 bridgehead atoms. The highest BCUT2D eigenvalue weighted by Crippen LogP contribution is 2.22. The van der Waals surface area contributed by atoms with Gasteiger partial charge in [-0.05, 0) is 48.0 Å². The van der Waals surface area contributed by atoms with Gasteiger partial charge in [0.15, 0.2) is 0 Å². The van der Waals surface area contributed by atoms with Crippen molar-refractivity contribution in [2.24, 2.45) is 0 Å². The van der Waals surface area contributed by atoms with Crippen LogP contribution in [-0.2, 0) is 6.54 Å². The van der Waals surface area contributed by atoms with Gasteiger partial charge in [-0.2, -0.15) is 0 Å². The normalized spacial score (nSPS) is 10.6. The summed E-state index contributed by atoms with van der Waals surface area (Å²) in [6.45, 7) is 4.71. The van der Waals surface area contributed by atoms with E-state index in [0.717, 1.165) is 22.9 Å². The van der Waals surface area contributed by atoms with E-state index >= 15 is 0 Å². The number of nitrogens with one attached hydrogen (secondary N) is 1. The molecule has 2 nitrogen and oxygen atoms in total. The van der Waals surface area contributed by atoms with Crippen molar-refractivity contribution >= 4 is 33.0 Å². The molecule has 1 aromatic carbocycles. The number of rotatable bonds is 3. The maximum Gasteiger partial charge on any atom is 0.137 e. The van der Waals surface area contributed by atoms with Crippen molar-refractivity contribution in [3.05, 3.63) is 44.1 Å². The van der Waals surface area contributed by atoms with E-state index in [-0.39, 0.29) is 5.82 Å². The van der Waals surface area contributed by atoms with Gasteiger partial charge < -0.3 is 5.32 Å². The Labute approximate surface area is 112 Å². The first-order valence-corrected chi connectivity index (χ1v) is 6.79. The number of benzene rings is 1. The highest BCUT2D eigenvalue weighted by molar-refractivity contribution is 9.10. The first-order chi connectivity index (χ1) is 8.06. The van der Waals surface area contributed by atoms with Crippen LogP contribution < -0.4 is 5.32 Å². The zero-order valence-corrected chi connectivity index (χ0v) is 12.0. The molecule has 0 aliphatic rings. The summed E-state index contributed by atoms with van der Waals surface area (Å²) < 4.78 is 13.5. The maximum atomic E-state index is 13.0. The predicted octanol–water partition coefficient (Wildman–Crippen LogP) is 4.27. The van der Waals surface area contributed by atoms with Crippen LogP contribution in [0.3, 0.4) is 0 Å². The number of aromatic nitrogens is 1. The fraction of sp³-hybridized carbons (Fsp3) is 0.250. The van der Waals surface area contributed by atoms with Crippen LogP contribution in [-0.4, -0.2) is 4.98 Å². The summed E-state index contributed by atoms with van der Waals surface area (Å²) in [7, 11) is 0. The lowest BCUT2D eigenvalue weighted by atomic mass is 10.3. The lowest BCUT2D eigenvalue weighted by Crippen LogP contribution is -1.99. The Bertz CT molecular complexity index is 539. The summed E-state index contributed by atoms with van der Waals surface area (Å²) in [5, 5.41) is 4.33. The van der Waals surface area contributed by atoms with E-state index in [1.54, 1.807) is 23.5 Å². The topological polar surface area (TPSA) is 24.9 Å². The Balaban J connectivity index is 2.07. The second-order valence-electron chi connectivity index (χ2n) is 3.72. The molecule has 1 aromatic heterocycles. The molecular weight excluding hydrogens is 303 g/mol. The number of aryl methyl sites for hydroxylation is 2. The third-order valence-corrected chi connectivity index (χ3v) is 4.05. The standard InChI is InChI=1S/C12H12BrFN2S/c1-7-12(17-8(2)16-7)6-15-9-3-4-11(14)10(13)5-9/h3-5,15H,6H2,1-2H3. The van der Waals surface area contributed by atoms with E-state index in [2.05, 4.69) is 26.2 Å². The first-order valence-electron chi connectivity index (χ1n) is 5.18. The molecular formula is C12H12BrFN2S. The van der Waals surface area contributed by atoms with Gasteiger partial charge in [0.25, 0.3) is 0 Å². The van der Waals surface area contributed by atoms with E-state index < -0.39 is 0 Å². The van der Waals surface area contributed by atoms with Crippen LogP contribution in [0.15, 0.2) is 22.7 Å². The fourth-order valence-corrected chi connectivity index (χ4v) is 2.78. The smallest absolute Gasteiger partial charge is 0.137 e. The third-order valence-electron chi connectivity index (χ3n) is 2.37. The maximum absolute atomic E-state index is 13.0. The van der Waals surface area contributed by atoms with Crippen molar-refractivity contribution < 1.29 is 4.39 Å². The van der Waals surface area contributed by atoms with Crippen LogP contribution in [0, 0.1) is 19.7 Å². The van der Waals surface area contributed by atoms with E-state index in [4.69, 9.17) is 0 Å². The SMILES string of the molecule is Cc1nc(C)c(CNc2ccc(F)c(Br)c2)s1. The largest absolute Gasteiger partial charge is 0.380 e. The van der Waals surface area contributed by atoms with Crippen LogP contribution in [0.4, 0.5) is 10.1 Å². The van der Waals surface area contributed by atoms with Crippen LogP contribution in [0.1, 0.15) is 15.6 Å². The molecule has 0 saturated heterocycles. The van der Waals surface area contributed by atoms with E-state index in [9.17, 15) is 4.39 Å². The van der Waals surface area contributed by atoms with Gasteiger partial charge in [-0.1, -0.05) is 0 Å². The number of halogens is 2. The lowest BCUT2D eigenvalue weighted by Gasteiger charge is -2.06. The predicted molar refractivity (Wildman–Crippen MR) is 73.0 cm³/mol. The zero-order valence-electron chi connectivity index (χ0n) is 9.55. The van der Waals surface area contributed by atoms with E-state index in [0.29, 0.717) is 4.47 Å². The minimum Gasteiger partial charge on any atom is -0.380 e. The average molecular weight is 315 g/mol. The molecule has 0 spiro atoms. The first kappa shape index (κ1) is 12.5. The molecule has 2 aromatic rings. The van der Waals surface area contributed by atoms with Crippen LogP contribution in [0.2, 0.25) is 0 Å². The van der Waals surface area contributed by atoms with Gasteiger partial charge in [-0.25, -0.2) is 9.37 Å². The second-order valence-corrected chi connectivity index (χ2v) is 5.87. The fourth-order valence-electron chi connectivity index (χ4n) is 1.53. The van der Waals surface area contributed by atoms with Crippen molar-refractivity contribution in [2.45, 2.75) is 20.4 Å². The van der Waals surface area contributed by atoms with Gasteiger partial charge in [-0.15, -0.1) is 11.3 Å². The van der Waals surface area contributed by atoms with Crippen molar-refractivity contribution in [2.75, 3.05) is 5.32 Å². The Kier molecular flexibility index (Phi) is 3.79. The number of nitrogens with zero attached hydrogens (tertiary/aromatic N) is 1. The van der Waals surface area contributed by atoms with Crippen LogP contribution in [0.25, 0.3) is 0 Å². The molecule has 1 heterocycles. The summed E-state index contributed by atoms with van der Waals surface area (Å²) in [6, 6.07) is 4.90. The Morgan fingerprint density at radius 2 is 2.18 bits per heavy atom. The van der Waals surface area contributed by atoms with Crippen molar-refractivity contribution in [3.8, 4) is 0 Å². The monoisotopic (exact) mass is 314 g/mol.